The van der Waals surface area contributed by atoms with Crippen LogP contribution in [0.3, 0.4) is 0 Å². The van der Waals surface area contributed by atoms with E-state index >= 15 is 0 Å². The zero-order valence-corrected chi connectivity index (χ0v) is 9.19. The van der Waals surface area contributed by atoms with Crippen molar-refractivity contribution in [1.82, 2.24) is 10.3 Å². The average molecular weight is 218 g/mol. The molecule has 2 unspecified atom stereocenters. The van der Waals surface area contributed by atoms with Gasteiger partial charge >= 0.3 is 6.09 Å². The summed E-state index contributed by atoms with van der Waals surface area (Å²) in [5, 5.41) is 2.76. The highest BCUT2D eigenvalue weighted by Crippen LogP contribution is 2.54. The van der Waals surface area contributed by atoms with Crippen molar-refractivity contribution in [2.75, 3.05) is 6.54 Å². The fourth-order valence-electron chi connectivity index (χ4n) is 2.79. The largest absolute Gasteiger partial charge is 0.440 e. The number of amides is 1. The second-order valence-corrected chi connectivity index (χ2v) is 4.81. The molecule has 3 rings (SSSR count). The van der Waals surface area contributed by atoms with Crippen LogP contribution in [0.25, 0.3) is 0 Å². The molecule has 1 spiro atoms. The SMILES string of the molecule is CC1(c2cccnc2)CCC12CNC(=O)O2. The van der Waals surface area contributed by atoms with E-state index in [9.17, 15) is 4.79 Å². The lowest BCUT2D eigenvalue weighted by atomic mass is 9.55. The molecule has 2 atom stereocenters. The van der Waals surface area contributed by atoms with E-state index in [-0.39, 0.29) is 17.1 Å². The normalized spacial score (nSPS) is 36.7. The highest BCUT2D eigenvalue weighted by Gasteiger charge is 2.62. The predicted octanol–water partition coefficient (Wildman–Crippen LogP) is 1.61. The van der Waals surface area contributed by atoms with Crippen molar-refractivity contribution in [1.29, 1.82) is 0 Å². The van der Waals surface area contributed by atoms with Crippen LogP contribution in [-0.2, 0) is 10.2 Å². The average Bonchev–Trinajstić information content (AvgIpc) is 2.73. The van der Waals surface area contributed by atoms with E-state index in [2.05, 4.69) is 23.3 Å². The van der Waals surface area contributed by atoms with Gasteiger partial charge in [-0.3, -0.25) is 4.98 Å². The van der Waals surface area contributed by atoms with Crippen LogP contribution in [-0.4, -0.2) is 23.2 Å². The van der Waals surface area contributed by atoms with Crippen molar-refractivity contribution in [3.63, 3.8) is 0 Å². The zero-order valence-electron chi connectivity index (χ0n) is 9.19. The number of aromatic nitrogens is 1. The van der Waals surface area contributed by atoms with Gasteiger partial charge in [0.15, 0.2) is 0 Å². The van der Waals surface area contributed by atoms with Crippen molar-refractivity contribution in [3.8, 4) is 0 Å². The minimum Gasteiger partial charge on any atom is -0.440 e. The van der Waals surface area contributed by atoms with Crippen molar-refractivity contribution < 1.29 is 9.53 Å². The molecule has 1 aliphatic carbocycles. The van der Waals surface area contributed by atoms with Gasteiger partial charge in [-0.2, -0.15) is 0 Å². The molecule has 1 aromatic heterocycles. The first-order valence-corrected chi connectivity index (χ1v) is 5.54. The number of hydrogen-bond donors (Lipinski definition) is 1. The first-order chi connectivity index (χ1) is 7.66. The van der Waals surface area contributed by atoms with Crippen LogP contribution in [0.1, 0.15) is 25.3 Å². The van der Waals surface area contributed by atoms with Crippen LogP contribution >= 0.6 is 0 Å². The number of pyridine rings is 1. The summed E-state index contributed by atoms with van der Waals surface area (Å²) in [6.07, 6.45) is 5.30. The van der Waals surface area contributed by atoms with E-state index in [0.29, 0.717) is 6.54 Å². The first-order valence-electron chi connectivity index (χ1n) is 5.54. The van der Waals surface area contributed by atoms with Crippen molar-refractivity contribution in [2.45, 2.75) is 30.8 Å². The van der Waals surface area contributed by atoms with E-state index < -0.39 is 0 Å². The first kappa shape index (κ1) is 9.63. The van der Waals surface area contributed by atoms with Crippen LogP contribution in [0, 0.1) is 0 Å². The molecule has 2 heterocycles. The number of carbonyl (C=O) groups is 1. The van der Waals surface area contributed by atoms with Crippen LogP contribution in [0.2, 0.25) is 0 Å². The van der Waals surface area contributed by atoms with E-state index in [4.69, 9.17) is 4.74 Å². The number of rotatable bonds is 1. The van der Waals surface area contributed by atoms with Gasteiger partial charge in [0.1, 0.15) is 5.60 Å². The molecule has 0 radical (unpaired) electrons. The highest BCUT2D eigenvalue weighted by atomic mass is 16.6. The van der Waals surface area contributed by atoms with Gasteiger partial charge < -0.3 is 10.1 Å². The molecule has 84 valence electrons. The van der Waals surface area contributed by atoms with Gasteiger partial charge in [-0.1, -0.05) is 13.0 Å². The van der Waals surface area contributed by atoms with Crippen LogP contribution in [0.5, 0.6) is 0 Å². The highest BCUT2D eigenvalue weighted by molar-refractivity contribution is 5.71. The Labute approximate surface area is 94.0 Å². The monoisotopic (exact) mass is 218 g/mol. The predicted molar refractivity (Wildman–Crippen MR) is 58.0 cm³/mol. The van der Waals surface area contributed by atoms with E-state index in [1.165, 1.54) is 0 Å². The number of ether oxygens (including phenoxy) is 1. The Morgan fingerprint density at radius 2 is 2.38 bits per heavy atom. The lowest BCUT2D eigenvalue weighted by molar-refractivity contribution is -0.0829. The Kier molecular flexibility index (Phi) is 1.79. The second-order valence-electron chi connectivity index (χ2n) is 4.81. The van der Waals surface area contributed by atoms with Crippen molar-refractivity contribution in [2.24, 2.45) is 0 Å². The van der Waals surface area contributed by atoms with Gasteiger partial charge in [0, 0.05) is 17.8 Å². The van der Waals surface area contributed by atoms with E-state index in [1.807, 2.05) is 12.3 Å². The Bertz CT molecular complexity index is 434. The topological polar surface area (TPSA) is 51.2 Å². The lowest BCUT2D eigenvalue weighted by Gasteiger charge is -2.53. The molecule has 1 aliphatic heterocycles. The summed E-state index contributed by atoms with van der Waals surface area (Å²) in [6, 6.07) is 3.98. The smallest absolute Gasteiger partial charge is 0.407 e. The molecule has 2 aliphatic rings. The zero-order chi connectivity index (χ0) is 11.2. The number of hydrogen-bond acceptors (Lipinski definition) is 3. The standard InChI is InChI=1S/C12H14N2O2/c1-11(9-3-2-6-13-7-9)4-5-12(11)8-14-10(15)16-12/h2-3,6-7H,4-5,8H2,1H3,(H,14,15). The molecular weight excluding hydrogens is 204 g/mol. The molecule has 4 nitrogen and oxygen atoms in total. The summed E-state index contributed by atoms with van der Waals surface area (Å²) in [6.45, 7) is 2.75. The number of nitrogens with one attached hydrogen (secondary N) is 1. The van der Waals surface area contributed by atoms with Gasteiger partial charge in [-0.25, -0.2) is 4.79 Å². The number of carbonyl (C=O) groups excluding carboxylic acids is 1. The third kappa shape index (κ3) is 1.04. The Balaban J connectivity index is 1.98. The minimum absolute atomic E-state index is 0.0968. The maximum absolute atomic E-state index is 11.2. The molecule has 1 amide bonds. The minimum atomic E-state index is -0.354. The molecular formula is C12H14N2O2. The summed E-state index contributed by atoms with van der Waals surface area (Å²) in [5.74, 6) is 0. The fraction of sp³-hybridized carbons (Fsp3) is 0.500. The lowest BCUT2D eigenvalue weighted by Crippen LogP contribution is -2.61. The van der Waals surface area contributed by atoms with Crippen molar-refractivity contribution >= 4 is 6.09 Å². The summed E-state index contributed by atoms with van der Waals surface area (Å²) >= 11 is 0. The second kappa shape index (κ2) is 2.97. The molecule has 16 heavy (non-hydrogen) atoms. The molecule has 1 saturated carbocycles. The molecule has 2 fully saturated rings. The molecule has 4 heteroatoms. The van der Waals surface area contributed by atoms with Gasteiger partial charge in [0.05, 0.1) is 6.54 Å². The third-order valence-corrected chi connectivity index (χ3v) is 4.14. The number of alkyl carbamates (subject to hydrolysis) is 1. The summed E-state index contributed by atoms with van der Waals surface area (Å²) in [4.78, 5) is 15.4. The Morgan fingerprint density at radius 3 is 2.88 bits per heavy atom. The van der Waals surface area contributed by atoms with Gasteiger partial charge in [-0.05, 0) is 24.5 Å². The van der Waals surface area contributed by atoms with Crippen molar-refractivity contribution in [3.05, 3.63) is 30.1 Å². The third-order valence-electron chi connectivity index (χ3n) is 4.14. The molecule has 1 aromatic rings. The quantitative estimate of drug-likeness (QED) is 0.779. The van der Waals surface area contributed by atoms with E-state index in [1.54, 1.807) is 6.20 Å². The molecule has 0 aromatic carbocycles. The summed E-state index contributed by atoms with van der Waals surface area (Å²) in [7, 11) is 0. The fourth-order valence-corrected chi connectivity index (χ4v) is 2.79. The van der Waals surface area contributed by atoms with Gasteiger partial charge in [0.25, 0.3) is 0 Å². The Morgan fingerprint density at radius 1 is 1.50 bits per heavy atom. The van der Waals surface area contributed by atoms with Crippen LogP contribution in [0.15, 0.2) is 24.5 Å². The summed E-state index contributed by atoms with van der Waals surface area (Å²) < 4.78 is 5.48. The van der Waals surface area contributed by atoms with Gasteiger partial charge in [0.2, 0.25) is 0 Å². The van der Waals surface area contributed by atoms with Gasteiger partial charge in [-0.15, -0.1) is 0 Å². The molecule has 0 bridgehead atoms. The Hall–Kier alpha value is -1.58. The van der Waals surface area contributed by atoms with Crippen LogP contribution in [0.4, 0.5) is 4.79 Å². The molecule has 1 N–H and O–H groups in total. The maximum atomic E-state index is 11.2. The van der Waals surface area contributed by atoms with Crippen LogP contribution < -0.4 is 5.32 Å². The van der Waals surface area contributed by atoms with E-state index in [0.717, 1.165) is 18.4 Å². The maximum Gasteiger partial charge on any atom is 0.407 e. The summed E-state index contributed by atoms with van der Waals surface area (Å²) in [5.41, 5.74) is 0.700. The molecule has 1 saturated heterocycles. The number of nitrogens with zero attached hydrogens (tertiary/aromatic N) is 1.